The van der Waals surface area contributed by atoms with E-state index in [1.54, 1.807) is 20.8 Å². The maximum Gasteiger partial charge on any atom is 0.0628 e. The van der Waals surface area contributed by atoms with Crippen LogP contribution in [0.3, 0.4) is 0 Å². The third-order valence-electron chi connectivity index (χ3n) is 1.12. The van der Waals surface area contributed by atoms with Gasteiger partial charge in [-0.2, -0.15) is 0 Å². The SMILES string of the molecule is [2H]c1c(C)c([2H])c(C)c([2H])c1C. The lowest BCUT2D eigenvalue weighted by Crippen LogP contribution is -1.78. The highest BCUT2D eigenvalue weighted by Gasteiger charge is 1.87. The Hall–Kier alpha value is -0.780. The molecule has 0 heteroatoms. The maximum atomic E-state index is 7.58. The Morgan fingerprint density at radius 2 is 1.11 bits per heavy atom. The molecule has 0 radical (unpaired) electrons. The topological polar surface area (TPSA) is 0 Å². The van der Waals surface area contributed by atoms with Gasteiger partial charge >= 0.3 is 0 Å². The summed E-state index contributed by atoms with van der Waals surface area (Å²) in [5, 5.41) is 0. The van der Waals surface area contributed by atoms with Crippen LogP contribution >= 0.6 is 0 Å². The lowest BCUT2D eigenvalue weighted by atomic mass is 10.1. The minimum Gasteiger partial charge on any atom is -0.0564 e. The first-order valence-corrected chi connectivity index (χ1v) is 3.00. The van der Waals surface area contributed by atoms with Crippen molar-refractivity contribution in [1.82, 2.24) is 0 Å². The average Bonchev–Trinajstić information content (AvgIpc) is 2.08. The van der Waals surface area contributed by atoms with Gasteiger partial charge in [-0.15, -0.1) is 0 Å². The van der Waals surface area contributed by atoms with Crippen molar-refractivity contribution in [3.63, 3.8) is 0 Å². The van der Waals surface area contributed by atoms with Crippen molar-refractivity contribution in [2.75, 3.05) is 0 Å². The van der Waals surface area contributed by atoms with E-state index in [2.05, 4.69) is 0 Å². The van der Waals surface area contributed by atoms with Crippen molar-refractivity contribution in [2.24, 2.45) is 0 Å². The smallest absolute Gasteiger partial charge is 0.0564 e. The zero-order chi connectivity index (χ0) is 9.46. The van der Waals surface area contributed by atoms with Gasteiger partial charge in [0.25, 0.3) is 0 Å². The normalized spacial score (nSPS) is 14.3. The maximum absolute atomic E-state index is 7.58. The molecule has 0 atom stereocenters. The summed E-state index contributed by atoms with van der Waals surface area (Å²) < 4.78 is 22.7. The molecule has 0 aliphatic heterocycles. The third kappa shape index (κ3) is 1.56. The zero-order valence-corrected chi connectivity index (χ0v) is 6.00. The Morgan fingerprint density at radius 1 is 0.889 bits per heavy atom. The lowest BCUT2D eigenvalue weighted by molar-refractivity contribution is 1.32. The summed E-state index contributed by atoms with van der Waals surface area (Å²) in [5.74, 6) is 0. The Morgan fingerprint density at radius 3 is 1.33 bits per heavy atom. The van der Waals surface area contributed by atoms with Crippen molar-refractivity contribution in [3.05, 3.63) is 34.8 Å². The van der Waals surface area contributed by atoms with Gasteiger partial charge in [-0.1, -0.05) is 34.8 Å². The molecule has 1 aromatic carbocycles. The van der Waals surface area contributed by atoms with Crippen molar-refractivity contribution in [2.45, 2.75) is 20.8 Å². The molecule has 0 unspecified atom stereocenters. The van der Waals surface area contributed by atoms with Crippen LogP contribution < -0.4 is 0 Å². The highest BCUT2D eigenvalue weighted by molar-refractivity contribution is 5.27. The summed E-state index contributed by atoms with van der Waals surface area (Å²) in [6, 6.07) is 0.988. The second-order valence-electron chi connectivity index (χ2n) is 2.25. The molecule has 1 rings (SSSR count). The highest BCUT2D eigenvalue weighted by Crippen LogP contribution is 2.06. The van der Waals surface area contributed by atoms with Crippen LogP contribution in [0.1, 0.15) is 20.8 Å². The Bertz CT molecular complexity index is 224. The summed E-state index contributed by atoms with van der Waals surface area (Å²) in [6.07, 6.45) is 0. The quantitative estimate of drug-likeness (QED) is 0.497. The molecule has 0 aromatic heterocycles. The molecule has 0 aliphatic carbocycles. The minimum absolute atomic E-state index is 0.329. The molecule has 0 aliphatic rings. The van der Waals surface area contributed by atoms with Crippen LogP contribution in [0, 0.1) is 20.8 Å². The van der Waals surface area contributed by atoms with Crippen molar-refractivity contribution in [3.8, 4) is 0 Å². The molecule has 0 heterocycles. The molecule has 0 spiro atoms. The summed E-state index contributed by atoms with van der Waals surface area (Å²) in [4.78, 5) is 0. The fourth-order valence-electron chi connectivity index (χ4n) is 0.938. The summed E-state index contributed by atoms with van der Waals surface area (Å²) in [5.41, 5.74) is 2.00. The molecule has 0 saturated carbocycles. The van der Waals surface area contributed by atoms with Crippen LogP contribution in [0.15, 0.2) is 18.1 Å². The minimum atomic E-state index is 0.329. The second-order valence-corrected chi connectivity index (χ2v) is 2.25. The Kier molecular flexibility index (Phi) is 0.839. The van der Waals surface area contributed by atoms with Gasteiger partial charge in [0.1, 0.15) is 0 Å². The van der Waals surface area contributed by atoms with Gasteiger partial charge < -0.3 is 0 Å². The molecular formula is C9H12. The summed E-state index contributed by atoms with van der Waals surface area (Å²) in [6.45, 7) is 5.26. The van der Waals surface area contributed by atoms with Crippen LogP contribution in [0.5, 0.6) is 0 Å². The molecule has 0 fully saturated rings. The number of hydrogen-bond donors (Lipinski definition) is 0. The monoisotopic (exact) mass is 123 g/mol. The van der Waals surface area contributed by atoms with Crippen LogP contribution in [-0.2, 0) is 0 Å². The van der Waals surface area contributed by atoms with E-state index in [0.717, 1.165) is 0 Å². The molecule has 0 saturated heterocycles. The lowest BCUT2D eigenvalue weighted by Gasteiger charge is -1.96. The zero-order valence-electron chi connectivity index (χ0n) is 9.00. The predicted octanol–water partition coefficient (Wildman–Crippen LogP) is 2.61. The van der Waals surface area contributed by atoms with Gasteiger partial charge in [0.2, 0.25) is 0 Å². The van der Waals surface area contributed by atoms with E-state index >= 15 is 0 Å². The van der Waals surface area contributed by atoms with E-state index in [0.29, 0.717) is 34.8 Å². The van der Waals surface area contributed by atoms with Crippen LogP contribution in [-0.4, -0.2) is 0 Å². The van der Waals surface area contributed by atoms with Crippen molar-refractivity contribution in [1.29, 1.82) is 0 Å². The first-order valence-electron chi connectivity index (χ1n) is 4.50. The largest absolute Gasteiger partial charge is 0.0628 e. The molecule has 0 amide bonds. The molecule has 0 bridgehead atoms. The van der Waals surface area contributed by atoms with Gasteiger partial charge in [0.15, 0.2) is 0 Å². The fraction of sp³-hybridized carbons (Fsp3) is 0.333. The van der Waals surface area contributed by atoms with Gasteiger partial charge in [-0.3, -0.25) is 0 Å². The molecule has 0 N–H and O–H groups in total. The fourth-order valence-corrected chi connectivity index (χ4v) is 0.938. The third-order valence-corrected chi connectivity index (χ3v) is 1.12. The van der Waals surface area contributed by atoms with E-state index in [4.69, 9.17) is 4.11 Å². The summed E-state index contributed by atoms with van der Waals surface area (Å²) in [7, 11) is 0. The first kappa shape index (κ1) is 3.40. The molecule has 9 heavy (non-hydrogen) atoms. The van der Waals surface area contributed by atoms with E-state index < -0.39 is 0 Å². The van der Waals surface area contributed by atoms with Crippen LogP contribution in [0.2, 0.25) is 0 Å². The standard InChI is InChI=1S/C9H12/c1-7-4-8(2)6-9(3)5-7/h4-6H,1-3H3/i4D,5D,6D. The van der Waals surface area contributed by atoms with E-state index in [1.165, 1.54) is 0 Å². The van der Waals surface area contributed by atoms with Crippen molar-refractivity contribution < 1.29 is 4.11 Å². The Balaban J connectivity index is 3.60. The average molecular weight is 123 g/mol. The number of rotatable bonds is 0. The highest BCUT2D eigenvalue weighted by atomic mass is 13.9. The van der Waals surface area contributed by atoms with E-state index in [9.17, 15) is 0 Å². The first-order chi connectivity index (χ1) is 5.46. The van der Waals surface area contributed by atoms with E-state index in [1.807, 2.05) is 0 Å². The molecule has 1 aromatic rings. The summed E-state index contributed by atoms with van der Waals surface area (Å²) >= 11 is 0. The van der Waals surface area contributed by atoms with Crippen molar-refractivity contribution >= 4 is 0 Å². The molecule has 48 valence electrons. The van der Waals surface area contributed by atoms with Gasteiger partial charge in [0.05, 0.1) is 4.11 Å². The van der Waals surface area contributed by atoms with Gasteiger partial charge in [0, 0.05) is 0 Å². The van der Waals surface area contributed by atoms with Gasteiger partial charge in [-0.05, 0) is 20.8 Å². The second kappa shape index (κ2) is 2.22. The predicted molar refractivity (Wildman–Crippen MR) is 40.7 cm³/mol. The number of benzene rings is 1. The van der Waals surface area contributed by atoms with Crippen LogP contribution in [0.4, 0.5) is 0 Å². The van der Waals surface area contributed by atoms with Crippen LogP contribution in [0.25, 0.3) is 0 Å². The molecule has 0 nitrogen and oxygen atoms in total. The molecular weight excluding hydrogens is 108 g/mol. The number of hydrogen-bond acceptors (Lipinski definition) is 0. The Labute approximate surface area is 60.7 Å². The van der Waals surface area contributed by atoms with Gasteiger partial charge in [-0.25, -0.2) is 0 Å². The van der Waals surface area contributed by atoms with E-state index in [-0.39, 0.29) is 0 Å².